The Hall–Kier alpha value is -0.570. The molecule has 58 valence electrons. The number of hydrogen-bond acceptors (Lipinski definition) is 2. The van der Waals surface area contributed by atoms with Crippen molar-refractivity contribution in [1.29, 1.82) is 0 Å². The van der Waals surface area contributed by atoms with E-state index in [1.165, 1.54) is 0 Å². The Morgan fingerprint density at radius 2 is 2.30 bits per heavy atom. The molecule has 0 aromatic heterocycles. The molecule has 3 heteroatoms. The van der Waals surface area contributed by atoms with Gasteiger partial charge in [-0.25, -0.2) is 0 Å². The van der Waals surface area contributed by atoms with Crippen LogP contribution in [0.3, 0.4) is 0 Å². The summed E-state index contributed by atoms with van der Waals surface area (Å²) in [5, 5.41) is 0. The molecule has 0 atom stereocenters. The maximum Gasteiger partial charge on any atom is 0.248 e. The molecular formula is C7H13NO2. The first-order valence-corrected chi connectivity index (χ1v) is 3.62. The van der Waals surface area contributed by atoms with Crippen molar-refractivity contribution in [2.24, 2.45) is 0 Å². The van der Waals surface area contributed by atoms with Gasteiger partial charge >= 0.3 is 0 Å². The summed E-state index contributed by atoms with van der Waals surface area (Å²) < 4.78 is 5.07. The lowest BCUT2D eigenvalue weighted by Crippen LogP contribution is -2.33. The van der Waals surface area contributed by atoms with Crippen LogP contribution in [0.25, 0.3) is 0 Å². The standard InChI is InChI=1S/C7H13NO2/c1-8-4-2-3-5-10-6-7(8)9/h2-6H2,1H3. The van der Waals surface area contributed by atoms with Crippen LogP contribution < -0.4 is 0 Å². The van der Waals surface area contributed by atoms with E-state index in [0.29, 0.717) is 0 Å². The first-order valence-electron chi connectivity index (χ1n) is 3.62. The fourth-order valence-electron chi connectivity index (χ4n) is 0.947. The van der Waals surface area contributed by atoms with Gasteiger partial charge in [0.05, 0.1) is 0 Å². The molecule has 1 aliphatic rings. The van der Waals surface area contributed by atoms with Gasteiger partial charge in [-0.1, -0.05) is 0 Å². The lowest BCUT2D eigenvalue weighted by molar-refractivity contribution is -0.136. The topological polar surface area (TPSA) is 29.5 Å². The van der Waals surface area contributed by atoms with Gasteiger partial charge < -0.3 is 9.64 Å². The third kappa shape index (κ3) is 1.99. The lowest BCUT2D eigenvalue weighted by atomic mass is 10.3. The number of likely N-dealkylation sites (N-methyl/N-ethyl adjacent to an activating group) is 1. The van der Waals surface area contributed by atoms with Crippen LogP contribution in [0.2, 0.25) is 0 Å². The van der Waals surface area contributed by atoms with Crippen molar-refractivity contribution < 1.29 is 9.53 Å². The van der Waals surface area contributed by atoms with E-state index in [1.54, 1.807) is 4.90 Å². The second kappa shape index (κ2) is 3.56. The smallest absolute Gasteiger partial charge is 0.248 e. The van der Waals surface area contributed by atoms with Gasteiger partial charge in [-0.05, 0) is 12.8 Å². The first kappa shape index (κ1) is 7.54. The molecule has 1 rings (SSSR count). The summed E-state index contributed by atoms with van der Waals surface area (Å²) in [6.45, 7) is 1.87. The molecule has 3 nitrogen and oxygen atoms in total. The lowest BCUT2D eigenvalue weighted by Gasteiger charge is -2.19. The average molecular weight is 143 g/mol. The predicted octanol–water partition coefficient (Wildman–Crippen LogP) is 0.255. The minimum absolute atomic E-state index is 0.0969. The zero-order valence-electron chi connectivity index (χ0n) is 6.30. The zero-order chi connectivity index (χ0) is 7.40. The van der Waals surface area contributed by atoms with Crippen molar-refractivity contribution >= 4 is 5.91 Å². The van der Waals surface area contributed by atoms with E-state index >= 15 is 0 Å². The molecule has 0 aromatic carbocycles. The summed E-state index contributed by atoms with van der Waals surface area (Å²) in [5.74, 6) is 0.0969. The molecule has 10 heavy (non-hydrogen) atoms. The van der Waals surface area contributed by atoms with Crippen molar-refractivity contribution in [1.82, 2.24) is 4.90 Å². The summed E-state index contributed by atoms with van der Waals surface area (Å²) >= 11 is 0. The molecule has 0 unspecified atom stereocenters. The molecule has 0 spiro atoms. The number of carbonyl (C=O) groups excluding carboxylic acids is 1. The van der Waals surface area contributed by atoms with Gasteiger partial charge in [0.2, 0.25) is 5.91 Å². The fourth-order valence-corrected chi connectivity index (χ4v) is 0.947. The van der Waals surface area contributed by atoms with Crippen molar-refractivity contribution in [3.63, 3.8) is 0 Å². The van der Waals surface area contributed by atoms with E-state index < -0.39 is 0 Å². The molecule has 1 heterocycles. The van der Waals surface area contributed by atoms with E-state index in [1.807, 2.05) is 7.05 Å². The zero-order valence-corrected chi connectivity index (χ0v) is 6.30. The van der Waals surface area contributed by atoms with Crippen molar-refractivity contribution in [2.45, 2.75) is 12.8 Å². The second-order valence-corrected chi connectivity index (χ2v) is 2.57. The van der Waals surface area contributed by atoms with E-state index in [-0.39, 0.29) is 12.5 Å². The molecule has 0 N–H and O–H groups in total. The van der Waals surface area contributed by atoms with E-state index in [9.17, 15) is 4.79 Å². The molecule has 1 aliphatic heterocycles. The van der Waals surface area contributed by atoms with Crippen LogP contribution in [-0.4, -0.2) is 37.6 Å². The summed E-state index contributed by atoms with van der Waals surface area (Å²) in [4.78, 5) is 12.7. The van der Waals surface area contributed by atoms with Gasteiger partial charge in [0.15, 0.2) is 0 Å². The van der Waals surface area contributed by atoms with Gasteiger partial charge in [0, 0.05) is 20.2 Å². The maximum atomic E-state index is 11.0. The largest absolute Gasteiger partial charge is 0.372 e. The average Bonchev–Trinajstić information content (AvgIpc) is 1.92. The van der Waals surface area contributed by atoms with Crippen LogP contribution >= 0.6 is 0 Å². The number of nitrogens with zero attached hydrogens (tertiary/aromatic N) is 1. The van der Waals surface area contributed by atoms with Crippen molar-refractivity contribution in [3.05, 3.63) is 0 Å². The number of carbonyl (C=O) groups is 1. The molecule has 1 fully saturated rings. The van der Waals surface area contributed by atoms with E-state index in [2.05, 4.69) is 0 Å². The maximum absolute atomic E-state index is 11.0. The second-order valence-electron chi connectivity index (χ2n) is 2.57. The number of rotatable bonds is 0. The highest BCUT2D eigenvalue weighted by atomic mass is 16.5. The number of amides is 1. The SMILES string of the molecule is CN1CCCCOCC1=O. The molecule has 0 bridgehead atoms. The molecule has 0 aromatic rings. The highest BCUT2D eigenvalue weighted by Gasteiger charge is 2.10. The molecule has 0 aliphatic carbocycles. The van der Waals surface area contributed by atoms with Crippen LogP contribution in [0.5, 0.6) is 0 Å². The highest BCUT2D eigenvalue weighted by Crippen LogP contribution is 1.98. The Bertz CT molecular complexity index is 125. The summed E-state index contributed by atoms with van der Waals surface area (Å²) in [6.07, 6.45) is 2.12. The van der Waals surface area contributed by atoms with Crippen LogP contribution in [0.1, 0.15) is 12.8 Å². The molecule has 1 amide bonds. The highest BCUT2D eigenvalue weighted by molar-refractivity contribution is 5.77. The normalized spacial score (nSPS) is 22.1. The van der Waals surface area contributed by atoms with Crippen LogP contribution in [0, 0.1) is 0 Å². The third-order valence-corrected chi connectivity index (χ3v) is 1.68. The Morgan fingerprint density at radius 1 is 1.50 bits per heavy atom. The predicted molar refractivity (Wildman–Crippen MR) is 37.7 cm³/mol. The minimum atomic E-state index is 0.0969. The molecule has 0 radical (unpaired) electrons. The van der Waals surface area contributed by atoms with Gasteiger partial charge in [-0.2, -0.15) is 0 Å². The van der Waals surface area contributed by atoms with E-state index in [0.717, 1.165) is 26.0 Å². The van der Waals surface area contributed by atoms with Gasteiger partial charge in [0.1, 0.15) is 6.61 Å². The van der Waals surface area contributed by atoms with E-state index in [4.69, 9.17) is 4.74 Å². The Morgan fingerprint density at radius 3 is 3.10 bits per heavy atom. The molecule has 0 saturated carbocycles. The van der Waals surface area contributed by atoms with Crippen LogP contribution in [0.4, 0.5) is 0 Å². The summed E-state index contributed by atoms with van der Waals surface area (Å²) in [7, 11) is 1.82. The van der Waals surface area contributed by atoms with Gasteiger partial charge in [-0.3, -0.25) is 4.79 Å². The Labute approximate surface area is 61.0 Å². The van der Waals surface area contributed by atoms with Crippen molar-refractivity contribution in [3.8, 4) is 0 Å². The molecular weight excluding hydrogens is 130 g/mol. The van der Waals surface area contributed by atoms with Crippen molar-refractivity contribution in [2.75, 3.05) is 26.8 Å². The Kier molecular flexibility index (Phi) is 2.68. The number of hydrogen-bond donors (Lipinski definition) is 0. The minimum Gasteiger partial charge on any atom is -0.372 e. The van der Waals surface area contributed by atoms with Gasteiger partial charge in [0.25, 0.3) is 0 Å². The van der Waals surface area contributed by atoms with Crippen LogP contribution in [-0.2, 0) is 9.53 Å². The first-order chi connectivity index (χ1) is 4.80. The summed E-state index contributed by atoms with van der Waals surface area (Å²) in [5.41, 5.74) is 0. The molecule has 1 saturated heterocycles. The number of ether oxygens (including phenoxy) is 1. The summed E-state index contributed by atoms with van der Waals surface area (Å²) in [6, 6.07) is 0. The van der Waals surface area contributed by atoms with Gasteiger partial charge in [-0.15, -0.1) is 0 Å². The third-order valence-electron chi connectivity index (χ3n) is 1.68. The monoisotopic (exact) mass is 143 g/mol. The Balaban J connectivity index is 2.35. The van der Waals surface area contributed by atoms with Crippen LogP contribution in [0.15, 0.2) is 0 Å². The fraction of sp³-hybridized carbons (Fsp3) is 0.857. The quantitative estimate of drug-likeness (QED) is 0.486.